The van der Waals surface area contributed by atoms with Gasteiger partial charge in [0.2, 0.25) is 0 Å². The lowest BCUT2D eigenvalue weighted by Gasteiger charge is -2.06. The largest absolute Gasteiger partial charge is 0.485 e. The summed E-state index contributed by atoms with van der Waals surface area (Å²) >= 11 is 5.32. The molecule has 0 spiro atoms. The molecule has 0 aliphatic rings. The highest BCUT2D eigenvalue weighted by Crippen LogP contribution is 2.26. The summed E-state index contributed by atoms with van der Waals surface area (Å²) < 4.78 is 6.89. The maximum atomic E-state index is 12.0. The van der Waals surface area contributed by atoms with E-state index in [0.29, 0.717) is 10.0 Å². The van der Waals surface area contributed by atoms with Gasteiger partial charge in [-0.2, -0.15) is 0 Å². The first kappa shape index (κ1) is 15.9. The molecule has 0 aromatic heterocycles. The van der Waals surface area contributed by atoms with E-state index in [1.165, 1.54) is 12.1 Å². The van der Waals surface area contributed by atoms with Gasteiger partial charge in [-0.1, -0.05) is 28.1 Å². The first-order chi connectivity index (χ1) is 9.95. The molecule has 0 radical (unpaired) electrons. The number of nitro groups is 1. The van der Waals surface area contributed by atoms with Crippen molar-refractivity contribution >= 4 is 50.0 Å². The average molecular weight is 462 g/mol. The van der Waals surface area contributed by atoms with Crippen LogP contribution in [0.2, 0.25) is 0 Å². The van der Waals surface area contributed by atoms with Crippen LogP contribution in [0, 0.1) is 13.7 Å². The molecule has 108 valence electrons. The van der Waals surface area contributed by atoms with Gasteiger partial charge in [0.05, 0.1) is 11.0 Å². The molecule has 0 aliphatic heterocycles. The third kappa shape index (κ3) is 4.50. The number of Topliss-reactive ketones (excluding diaryl/α,β-unsaturated/α-hetero) is 1. The van der Waals surface area contributed by atoms with E-state index in [2.05, 4.69) is 38.5 Å². The summed E-state index contributed by atoms with van der Waals surface area (Å²) in [6.45, 7) is -0.172. The van der Waals surface area contributed by atoms with Crippen molar-refractivity contribution < 1.29 is 14.5 Å². The Labute approximate surface area is 142 Å². The molecule has 0 saturated carbocycles. The lowest BCUT2D eigenvalue weighted by Crippen LogP contribution is -2.11. The minimum atomic E-state index is -0.515. The van der Waals surface area contributed by atoms with Crippen molar-refractivity contribution in [3.05, 3.63) is 66.2 Å². The normalized spacial score (nSPS) is 10.2. The number of halogens is 2. The maximum Gasteiger partial charge on any atom is 0.274 e. The molecule has 5 nitrogen and oxygen atoms in total. The van der Waals surface area contributed by atoms with Gasteiger partial charge < -0.3 is 4.74 Å². The lowest BCUT2D eigenvalue weighted by atomic mass is 10.1. The van der Waals surface area contributed by atoms with E-state index in [-0.39, 0.29) is 23.8 Å². The molecule has 0 heterocycles. The average Bonchev–Trinajstić information content (AvgIpc) is 2.45. The molecule has 0 bridgehead atoms. The highest BCUT2D eigenvalue weighted by atomic mass is 127. The van der Waals surface area contributed by atoms with Gasteiger partial charge in [-0.25, -0.2) is 0 Å². The van der Waals surface area contributed by atoms with Gasteiger partial charge >= 0.3 is 0 Å². The fourth-order valence-corrected chi connectivity index (χ4v) is 2.42. The lowest BCUT2D eigenvalue weighted by molar-refractivity contribution is -0.385. The molecule has 21 heavy (non-hydrogen) atoms. The number of carbonyl (C=O) groups is 1. The molecule has 0 N–H and O–H groups in total. The molecular weight excluding hydrogens is 453 g/mol. The number of ketones is 1. The Balaban J connectivity index is 2.07. The summed E-state index contributed by atoms with van der Waals surface area (Å²) in [5.41, 5.74) is 0.445. The van der Waals surface area contributed by atoms with Gasteiger partial charge in [0.15, 0.2) is 12.4 Å². The number of hydrogen-bond acceptors (Lipinski definition) is 4. The molecule has 2 aromatic rings. The Hall–Kier alpha value is -1.48. The zero-order chi connectivity index (χ0) is 15.4. The van der Waals surface area contributed by atoms with Crippen molar-refractivity contribution in [2.45, 2.75) is 0 Å². The highest BCUT2D eigenvalue weighted by molar-refractivity contribution is 14.1. The fraction of sp³-hybridized carbons (Fsp3) is 0.0714. The zero-order valence-electron chi connectivity index (χ0n) is 10.6. The summed E-state index contributed by atoms with van der Waals surface area (Å²) in [6, 6.07) is 11.3. The van der Waals surface area contributed by atoms with E-state index < -0.39 is 4.92 Å². The number of ether oxygens (including phenoxy) is 1. The number of carbonyl (C=O) groups excluding carboxylic acids is 1. The number of benzene rings is 2. The van der Waals surface area contributed by atoms with E-state index >= 15 is 0 Å². The molecule has 0 aliphatic carbocycles. The number of hydrogen-bond donors (Lipinski definition) is 0. The summed E-state index contributed by atoms with van der Waals surface area (Å²) in [5, 5.41) is 10.8. The van der Waals surface area contributed by atoms with Gasteiger partial charge in [0, 0.05) is 19.7 Å². The Morgan fingerprint density at radius 2 is 1.90 bits per heavy atom. The number of nitrogens with zero attached hydrogens (tertiary/aromatic N) is 1. The Kier molecular flexibility index (Phi) is 5.29. The van der Waals surface area contributed by atoms with Crippen molar-refractivity contribution in [1.82, 2.24) is 0 Å². The van der Waals surface area contributed by atoms with Crippen molar-refractivity contribution in [1.29, 1.82) is 0 Å². The first-order valence-corrected chi connectivity index (χ1v) is 7.69. The van der Waals surface area contributed by atoms with E-state index in [1.807, 2.05) is 12.1 Å². The van der Waals surface area contributed by atoms with Gasteiger partial charge in [-0.15, -0.1) is 0 Å². The van der Waals surface area contributed by atoms with Crippen LogP contribution in [0.3, 0.4) is 0 Å². The molecule has 7 heteroatoms. The van der Waals surface area contributed by atoms with Gasteiger partial charge in [0.25, 0.3) is 5.69 Å². The van der Waals surface area contributed by atoms with Crippen LogP contribution in [-0.4, -0.2) is 17.3 Å². The standard InChI is InChI=1S/C14H9BrINO4/c15-10-5-12(17(19)20)7-13(6-10)21-8-14(18)9-1-3-11(16)4-2-9/h1-7H,8H2. The predicted molar refractivity (Wildman–Crippen MR) is 89.8 cm³/mol. The number of nitro benzene ring substituents is 1. The zero-order valence-corrected chi connectivity index (χ0v) is 14.3. The molecule has 0 fully saturated rings. The third-order valence-electron chi connectivity index (χ3n) is 2.60. The predicted octanol–water partition coefficient (Wildman–Crippen LogP) is 4.22. The summed E-state index contributed by atoms with van der Waals surface area (Å²) in [5.74, 6) is 0.0870. The SMILES string of the molecule is O=C(COc1cc(Br)cc([N+](=O)[O-])c1)c1ccc(I)cc1. The van der Waals surface area contributed by atoms with E-state index in [1.54, 1.807) is 18.2 Å². The smallest absolute Gasteiger partial charge is 0.274 e. The second kappa shape index (κ2) is 6.99. The van der Waals surface area contributed by atoms with E-state index in [0.717, 1.165) is 3.57 Å². The molecular formula is C14H9BrINO4. The topological polar surface area (TPSA) is 69.4 Å². The summed E-state index contributed by atoms with van der Waals surface area (Å²) in [7, 11) is 0. The van der Waals surface area contributed by atoms with E-state index in [9.17, 15) is 14.9 Å². The Bertz CT molecular complexity index is 688. The van der Waals surface area contributed by atoms with Crippen LogP contribution in [0.15, 0.2) is 46.9 Å². The quantitative estimate of drug-likeness (QED) is 0.289. The van der Waals surface area contributed by atoms with Crippen LogP contribution < -0.4 is 4.74 Å². The first-order valence-electron chi connectivity index (χ1n) is 5.82. The molecule has 0 unspecified atom stereocenters. The van der Waals surface area contributed by atoms with Crippen molar-refractivity contribution in [2.24, 2.45) is 0 Å². The van der Waals surface area contributed by atoms with Gasteiger partial charge in [-0.05, 0) is 40.8 Å². The van der Waals surface area contributed by atoms with Crippen molar-refractivity contribution in [2.75, 3.05) is 6.61 Å². The Morgan fingerprint density at radius 3 is 2.52 bits per heavy atom. The van der Waals surface area contributed by atoms with E-state index in [4.69, 9.17) is 4.74 Å². The summed E-state index contributed by atoms with van der Waals surface area (Å²) in [6.07, 6.45) is 0. The van der Waals surface area contributed by atoms with Crippen molar-refractivity contribution in [3.8, 4) is 5.75 Å². The molecule has 0 amide bonds. The second-order valence-corrected chi connectivity index (χ2v) is 6.28. The Morgan fingerprint density at radius 1 is 1.24 bits per heavy atom. The van der Waals surface area contributed by atoms with Crippen LogP contribution in [0.4, 0.5) is 5.69 Å². The molecule has 2 aromatic carbocycles. The van der Waals surface area contributed by atoms with Crippen LogP contribution in [-0.2, 0) is 0 Å². The fourth-order valence-electron chi connectivity index (χ4n) is 1.60. The molecule has 0 atom stereocenters. The minimum absolute atomic E-state index is 0.0962. The third-order valence-corrected chi connectivity index (χ3v) is 3.78. The number of non-ortho nitro benzene ring substituents is 1. The second-order valence-electron chi connectivity index (χ2n) is 4.12. The van der Waals surface area contributed by atoms with Crippen LogP contribution >= 0.6 is 38.5 Å². The van der Waals surface area contributed by atoms with Gasteiger partial charge in [0.1, 0.15) is 5.75 Å². The van der Waals surface area contributed by atoms with Crippen LogP contribution in [0.5, 0.6) is 5.75 Å². The maximum absolute atomic E-state index is 12.0. The van der Waals surface area contributed by atoms with Crippen LogP contribution in [0.1, 0.15) is 10.4 Å². The number of rotatable bonds is 5. The van der Waals surface area contributed by atoms with Gasteiger partial charge in [-0.3, -0.25) is 14.9 Å². The monoisotopic (exact) mass is 461 g/mol. The highest BCUT2D eigenvalue weighted by Gasteiger charge is 2.11. The van der Waals surface area contributed by atoms with Crippen LogP contribution in [0.25, 0.3) is 0 Å². The molecule has 0 saturated heterocycles. The molecule has 2 rings (SSSR count). The van der Waals surface area contributed by atoms with Crippen molar-refractivity contribution in [3.63, 3.8) is 0 Å². The summed E-state index contributed by atoms with van der Waals surface area (Å²) in [4.78, 5) is 22.2. The minimum Gasteiger partial charge on any atom is -0.485 e.